The van der Waals surface area contributed by atoms with Gasteiger partial charge in [-0.05, 0) is 79.0 Å². The van der Waals surface area contributed by atoms with E-state index in [1.807, 2.05) is 85.5 Å². The Balaban J connectivity index is 1.08. The Kier molecular flexibility index (Phi) is 11.3. The number of fused-ring (bicyclic) bond motifs is 2. The first-order valence-corrected chi connectivity index (χ1v) is 20.5. The summed E-state index contributed by atoms with van der Waals surface area (Å²) in [7, 11) is 1.29. The van der Waals surface area contributed by atoms with Gasteiger partial charge in [0.2, 0.25) is 17.7 Å². The number of hydrogen-bond donors (Lipinski definition) is 3. The summed E-state index contributed by atoms with van der Waals surface area (Å²) < 4.78 is 11.2. The van der Waals surface area contributed by atoms with Gasteiger partial charge in [0.25, 0.3) is 0 Å². The lowest BCUT2D eigenvalue weighted by atomic mass is 10.0. The molecule has 2 saturated heterocycles. The van der Waals surface area contributed by atoms with E-state index in [4.69, 9.17) is 29.4 Å². The minimum Gasteiger partial charge on any atom is -0.472 e. The lowest BCUT2D eigenvalue weighted by Crippen LogP contribution is -2.51. The topological polar surface area (TPSA) is 171 Å². The number of aromatic amines is 2. The standard InChI is InChI=1S/C45H51N9O5/c1-26(2)21-38(55)53-19-9-13-36(53)41-47-32-17-15-29(22-34(32)49-41)31-24-46-40(52-43(31)59-25-28-11-7-6-8-12-28)30-16-18-33-35(23-30)50-42(48-33)37-14-10-20-54(37)44(56)39(27(3)4)51-45(57)58-5/h6-8,11-12,15-18,22-24,26-27,36-37,39H,9-10,13-14,19-21,25H2,1-5H3,(H,47,49)(H,48,50)(H,51,57)/t36-,37-,39-/m0/s1. The van der Waals surface area contributed by atoms with Gasteiger partial charge in [0.15, 0.2) is 5.82 Å². The van der Waals surface area contributed by atoms with E-state index in [2.05, 4.69) is 29.1 Å². The van der Waals surface area contributed by atoms with E-state index in [9.17, 15) is 14.4 Å². The molecular weight excluding hydrogens is 747 g/mol. The van der Waals surface area contributed by atoms with Gasteiger partial charge in [0, 0.05) is 31.3 Å². The van der Waals surface area contributed by atoms with E-state index < -0.39 is 12.1 Å². The molecule has 3 aromatic heterocycles. The van der Waals surface area contributed by atoms with Crippen LogP contribution in [0.4, 0.5) is 4.79 Å². The van der Waals surface area contributed by atoms with Crippen LogP contribution in [0.5, 0.6) is 5.88 Å². The van der Waals surface area contributed by atoms with Crippen molar-refractivity contribution in [2.24, 2.45) is 11.8 Å². The second-order valence-electron chi connectivity index (χ2n) is 16.3. The van der Waals surface area contributed by atoms with Crippen molar-refractivity contribution in [3.63, 3.8) is 0 Å². The minimum atomic E-state index is -0.717. The summed E-state index contributed by atoms with van der Waals surface area (Å²) in [6.07, 6.45) is 5.07. The number of alkyl carbamates (subject to hydrolysis) is 1. The Bertz CT molecular complexity index is 2480. The van der Waals surface area contributed by atoms with Gasteiger partial charge in [-0.25, -0.2) is 19.7 Å². The van der Waals surface area contributed by atoms with Gasteiger partial charge in [0.1, 0.15) is 24.3 Å². The smallest absolute Gasteiger partial charge is 0.407 e. The van der Waals surface area contributed by atoms with Crippen molar-refractivity contribution in [3.8, 4) is 28.4 Å². The molecule has 0 saturated carbocycles. The minimum absolute atomic E-state index is 0.0698. The third kappa shape index (κ3) is 8.34. The Labute approximate surface area is 343 Å². The van der Waals surface area contributed by atoms with Gasteiger partial charge in [-0.1, -0.05) is 64.1 Å². The molecule has 3 atom stereocenters. The van der Waals surface area contributed by atoms with E-state index in [1.165, 1.54) is 7.11 Å². The number of hydrogen-bond acceptors (Lipinski definition) is 9. The van der Waals surface area contributed by atoms with Crippen LogP contribution in [0.15, 0.2) is 72.9 Å². The molecule has 2 aliphatic heterocycles. The third-order valence-electron chi connectivity index (χ3n) is 11.3. The molecule has 3 N–H and O–H groups in total. The molecule has 2 fully saturated rings. The molecule has 3 amide bonds. The molecule has 6 aromatic rings. The molecule has 306 valence electrons. The maximum Gasteiger partial charge on any atom is 0.407 e. The zero-order chi connectivity index (χ0) is 41.2. The first-order chi connectivity index (χ1) is 28.6. The Morgan fingerprint density at radius 3 is 2.08 bits per heavy atom. The summed E-state index contributed by atoms with van der Waals surface area (Å²) in [5, 5.41) is 2.71. The fourth-order valence-electron chi connectivity index (χ4n) is 8.22. The van der Waals surface area contributed by atoms with Crippen LogP contribution in [0.3, 0.4) is 0 Å². The summed E-state index contributed by atoms with van der Waals surface area (Å²) >= 11 is 0. The van der Waals surface area contributed by atoms with Gasteiger partial charge < -0.3 is 34.6 Å². The maximum absolute atomic E-state index is 13.7. The van der Waals surface area contributed by atoms with Crippen LogP contribution in [-0.2, 0) is 20.9 Å². The highest BCUT2D eigenvalue weighted by Crippen LogP contribution is 2.37. The molecule has 59 heavy (non-hydrogen) atoms. The van der Waals surface area contributed by atoms with Crippen LogP contribution in [0.1, 0.15) is 89.1 Å². The zero-order valence-corrected chi connectivity index (χ0v) is 34.2. The summed E-state index contributed by atoms with van der Waals surface area (Å²) in [4.78, 5) is 69.4. The number of aromatic nitrogens is 6. The van der Waals surface area contributed by atoms with E-state index in [0.717, 1.165) is 82.4 Å². The fourth-order valence-corrected chi connectivity index (χ4v) is 8.22. The number of carbonyl (C=O) groups excluding carboxylic acids is 3. The van der Waals surface area contributed by atoms with Crippen molar-refractivity contribution in [2.75, 3.05) is 20.2 Å². The number of ether oxygens (including phenoxy) is 2. The highest BCUT2D eigenvalue weighted by molar-refractivity contribution is 5.87. The molecule has 14 heteroatoms. The molecular formula is C45H51N9O5. The number of carbonyl (C=O) groups is 3. The van der Waals surface area contributed by atoms with Crippen molar-refractivity contribution < 1.29 is 23.9 Å². The second kappa shape index (κ2) is 16.9. The number of rotatable bonds is 12. The van der Waals surface area contributed by atoms with Crippen molar-refractivity contribution >= 4 is 40.0 Å². The molecule has 0 aliphatic carbocycles. The number of nitrogens with zero attached hydrogens (tertiary/aromatic N) is 6. The van der Waals surface area contributed by atoms with E-state index >= 15 is 0 Å². The quantitative estimate of drug-likeness (QED) is 0.111. The fraction of sp³-hybridized carbons (Fsp3) is 0.400. The lowest BCUT2D eigenvalue weighted by molar-refractivity contribution is -0.135. The van der Waals surface area contributed by atoms with Gasteiger partial charge >= 0.3 is 6.09 Å². The summed E-state index contributed by atoms with van der Waals surface area (Å²) in [5.41, 5.74) is 6.57. The zero-order valence-electron chi connectivity index (χ0n) is 34.2. The number of nitrogens with one attached hydrogen (secondary N) is 3. The lowest BCUT2D eigenvalue weighted by Gasteiger charge is -2.29. The third-order valence-corrected chi connectivity index (χ3v) is 11.3. The van der Waals surface area contributed by atoms with Gasteiger partial charge in [-0.3, -0.25) is 9.59 Å². The highest BCUT2D eigenvalue weighted by atomic mass is 16.5. The number of imidazole rings is 2. The predicted molar refractivity (Wildman–Crippen MR) is 224 cm³/mol. The largest absolute Gasteiger partial charge is 0.472 e. The molecule has 14 nitrogen and oxygen atoms in total. The molecule has 2 aliphatic rings. The van der Waals surface area contributed by atoms with Gasteiger partial charge in [-0.2, -0.15) is 4.98 Å². The maximum atomic E-state index is 13.7. The van der Waals surface area contributed by atoms with Crippen LogP contribution in [0.2, 0.25) is 0 Å². The number of likely N-dealkylation sites (tertiary alicyclic amines) is 2. The summed E-state index contributed by atoms with van der Waals surface area (Å²) in [5.74, 6) is 2.58. The predicted octanol–water partition coefficient (Wildman–Crippen LogP) is 7.90. The summed E-state index contributed by atoms with van der Waals surface area (Å²) in [6, 6.07) is 20.8. The Morgan fingerprint density at radius 2 is 1.44 bits per heavy atom. The number of H-pyrrole nitrogens is 2. The second-order valence-corrected chi connectivity index (χ2v) is 16.3. The van der Waals surface area contributed by atoms with Crippen molar-refractivity contribution in [1.29, 1.82) is 0 Å². The first-order valence-electron chi connectivity index (χ1n) is 20.5. The SMILES string of the molecule is COC(=O)N[C@H](C(=O)N1CCC[C@H]1c1nc2cc(-c3ncc(-c4ccc5[nH]c([C@@H]6CCCN6C(=O)CC(C)C)nc5c4)c(OCc4ccccc4)n3)ccc2[nH]1)C(C)C. The highest BCUT2D eigenvalue weighted by Gasteiger charge is 2.38. The Hall–Kier alpha value is -6.31. The molecule has 3 aromatic carbocycles. The monoisotopic (exact) mass is 797 g/mol. The average molecular weight is 798 g/mol. The molecule has 8 rings (SSSR count). The van der Waals surface area contributed by atoms with Gasteiger partial charge in [0.05, 0.1) is 46.8 Å². The summed E-state index contributed by atoms with van der Waals surface area (Å²) in [6.45, 7) is 9.56. The molecule has 0 unspecified atom stereocenters. The van der Waals surface area contributed by atoms with Gasteiger partial charge in [-0.15, -0.1) is 0 Å². The van der Waals surface area contributed by atoms with Crippen LogP contribution < -0.4 is 10.1 Å². The van der Waals surface area contributed by atoms with Crippen LogP contribution in [-0.4, -0.2) is 83.9 Å². The van der Waals surface area contributed by atoms with Crippen LogP contribution in [0, 0.1) is 11.8 Å². The molecule has 0 radical (unpaired) electrons. The van der Waals surface area contributed by atoms with Crippen molar-refractivity contribution in [3.05, 3.63) is 90.1 Å². The molecule has 0 bridgehead atoms. The van der Waals surface area contributed by atoms with Crippen molar-refractivity contribution in [1.82, 2.24) is 45.0 Å². The first kappa shape index (κ1) is 39.5. The average Bonchev–Trinajstić information content (AvgIpc) is 4.07. The van der Waals surface area contributed by atoms with E-state index in [1.54, 1.807) is 11.1 Å². The number of amides is 3. The van der Waals surface area contributed by atoms with E-state index in [0.29, 0.717) is 43.0 Å². The van der Waals surface area contributed by atoms with Crippen molar-refractivity contribution in [2.45, 2.75) is 84.5 Å². The Morgan fingerprint density at radius 1 is 0.814 bits per heavy atom. The van der Waals surface area contributed by atoms with E-state index in [-0.39, 0.29) is 29.8 Å². The molecule has 5 heterocycles. The molecule has 0 spiro atoms. The van der Waals surface area contributed by atoms with Crippen LogP contribution in [0.25, 0.3) is 44.6 Å². The number of benzene rings is 3. The number of methoxy groups -OCH3 is 1. The normalized spacial score (nSPS) is 17.3. The van der Waals surface area contributed by atoms with Crippen LogP contribution >= 0.6 is 0 Å².